The number of benzene rings is 3. The van der Waals surface area contributed by atoms with Crippen LogP contribution < -0.4 is 9.47 Å². The third kappa shape index (κ3) is 6.46. The van der Waals surface area contributed by atoms with Crippen molar-refractivity contribution in [1.29, 1.82) is 0 Å². The Labute approximate surface area is 234 Å². The van der Waals surface area contributed by atoms with Crippen molar-refractivity contribution in [2.24, 2.45) is 0 Å². The average molecular weight is 537 g/mol. The molecule has 0 aromatic heterocycles. The molecule has 0 heterocycles. The fourth-order valence-electron chi connectivity index (χ4n) is 4.68. The molecular formula is C34H32O6. The minimum Gasteiger partial charge on any atom is -0.462 e. The highest BCUT2D eigenvalue weighted by Gasteiger charge is 2.24. The van der Waals surface area contributed by atoms with Crippen LogP contribution in [0.25, 0.3) is 22.3 Å². The molecule has 0 aliphatic heterocycles. The van der Waals surface area contributed by atoms with Crippen LogP contribution in [-0.2, 0) is 25.5 Å². The van der Waals surface area contributed by atoms with E-state index in [1.807, 2.05) is 25.1 Å². The Hall–Kier alpha value is -4.71. The number of carbonyl (C=O) groups excluding carboxylic acids is 3. The molecule has 0 N–H and O–H groups in total. The first-order valence-corrected chi connectivity index (χ1v) is 13.0. The van der Waals surface area contributed by atoms with Crippen molar-refractivity contribution in [2.45, 2.75) is 39.5 Å². The van der Waals surface area contributed by atoms with Crippen LogP contribution >= 0.6 is 0 Å². The predicted octanol–water partition coefficient (Wildman–Crippen LogP) is 7.05. The van der Waals surface area contributed by atoms with Crippen molar-refractivity contribution < 1.29 is 28.6 Å². The van der Waals surface area contributed by atoms with E-state index in [0.29, 0.717) is 12.2 Å². The third-order valence-corrected chi connectivity index (χ3v) is 6.81. The van der Waals surface area contributed by atoms with Crippen LogP contribution in [0.2, 0.25) is 0 Å². The highest BCUT2D eigenvalue weighted by atomic mass is 16.5. The molecule has 6 nitrogen and oxygen atoms in total. The van der Waals surface area contributed by atoms with Gasteiger partial charge in [0, 0.05) is 29.2 Å². The molecule has 1 unspecified atom stereocenters. The number of aryl methyl sites for hydroxylation is 2. The molecule has 204 valence electrons. The quantitative estimate of drug-likeness (QED) is 0.166. The maximum absolute atomic E-state index is 12.2. The summed E-state index contributed by atoms with van der Waals surface area (Å²) in [6, 6.07) is 17.4. The number of esters is 3. The summed E-state index contributed by atoms with van der Waals surface area (Å²) in [4.78, 5) is 35.9. The Morgan fingerprint density at radius 1 is 0.850 bits per heavy atom. The molecule has 0 saturated carbocycles. The summed E-state index contributed by atoms with van der Waals surface area (Å²) >= 11 is 0. The third-order valence-electron chi connectivity index (χ3n) is 6.81. The standard InChI is InChI=1S/C34H32O6/c1-7-32(35)38-19-26-11-9-23-8-10-25(17-31(23)26)30-13-12-24(14-22(30)6)27-15-28(39-33(36)20(2)3)18-29(16-27)40-34(37)21(4)5/h7-8,10,12-18,26H,1-2,4,9,11,19H2,3,5-6H3. The van der Waals surface area contributed by atoms with Crippen LogP contribution in [0, 0.1) is 6.92 Å². The van der Waals surface area contributed by atoms with Gasteiger partial charge in [0.1, 0.15) is 11.5 Å². The van der Waals surface area contributed by atoms with Crippen molar-refractivity contribution >= 4 is 17.9 Å². The fraction of sp³-hybridized carbons (Fsp3) is 0.206. The molecule has 0 radical (unpaired) electrons. The molecule has 3 aromatic carbocycles. The monoisotopic (exact) mass is 536 g/mol. The van der Waals surface area contributed by atoms with E-state index in [9.17, 15) is 14.4 Å². The van der Waals surface area contributed by atoms with Gasteiger partial charge >= 0.3 is 17.9 Å². The first kappa shape index (κ1) is 28.3. The highest BCUT2D eigenvalue weighted by Crippen LogP contribution is 2.38. The Kier molecular flexibility index (Phi) is 8.49. The van der Waals surface area contributed by atoms with E-state index < -0.39 is 17.9 Å². The molecule has 4 rings (SSSR count). The van der Waals surface area contributed by atoms with E-state index in [1.54, 1.807) is 26.0 Å². The molecule has 1 atom stereocenters. The fourth-order valence-corrected chi connectivity index (χ4v) is 4.68. The number of fused-ring (bicyclic) bond motifs is 1. The Morgan fingerprint density at radius 3 is 2.05 bits per heavy atom. The van der Waals surface area contributed by atoms with Gasteiger partial charge in [-0.1, -0.05) is 56.1 Å². The molecule has 0 spiro atoms. The summed E-state index contributed by atoms with van der Waals surface area (Å²) in [6.45, 7) is 16.2. The molecule has 6 heteroatoms. The van der Waals surface area contributed by atoms with Crippen LogP contribution in [0.5, 0.6) is 11.5 Å². The number of carbonyl (C=O) groups is 3. The van der Waals surface area contributed by atoms with Gasteiger partial charge in [0.2, 0.25) is 0 Å². The van der Waals surface area contributed by atoms with Gasteiger partial charge in [-0.15, -0.1) is 0 Å². The summed E-state index contributed by atoms with van der Waals surface area (Å²) < 4.78 is 16.2. The minimum absolute atomic E-state index is 0.156. The molecule has 40 heavy (non-hydrogen) atoms. The van der Waals surface area contributed by atoms with E-state index in [4.69, 9.17) is 14.2 Å². The first-order valence-electron chi connectivity index (χ1n) is 13.0. The smallest absolute Gasteiger partial charge is 0.338 e. The van der Waals surface area contributed by atoms with Crippen molar-refractivity contribution in [3.05, 3.63) is 108 Å². The van der Waals surface area contributed by atoms with Crippen LogP contribution in [0.3, 0.4) is 0 Å². The molecular weight excluding hydrogens is 504 g/mol. The van der Waals surface area contributed by atoms with E-state index >= 15 is 0 Å². The number of ether oxygens (including phenoxy) is 3. The second kappa shape index (κ2) is 12.0. The Morgan fingerprint density at radius 2 is 1.48 bits per heavy atom. The Balaban J connectivity index is 1.66. The van der Waals surface area contributed by atoms with E-state index in [1.165, 1.54) is 23.3 Å². The summed E-state index contributed by atoms with van der Waals surface area (Å²) in [5.41, 5.74) is 7.73. The van der Waals surface area contributed by atoms with Crippen molar-refractivity contribution in [3.63, 3.8) is 0 Å². The van der Waals surface area contributed by atoms with Crippen LogP contribution in [-0.4, -0.2) is 24.5 Å². The zero-order valence-corrected chi connectivity index (χ0v) is 23.0. The average Bonchev–Trinajstić information content (AvgIpc) is 3.33. The zero-order chi connectivity index (χ0) is 29.0. The lowest BCUT2D eigenvalue weighted by Gasteiger charge is -2.15. The maximum Gasteiger partial charge on any atom is 0.338 e. The predicted molar refractivity (Wildman–Crippen MR) is 155 cm³/mol. The topological polar surface area (TPSA) is 78.9 Å². The van der Waals surface area contributed by atoms with Crippen LogP contribution in [0.4, 0.5) is 0 Å². The Bertz CT molecular complexity index is 1500. The summed E-state index contributed by atoms with van der Waals surface area (Å²) in [7, 11) is 0. The van der Waals surface area contributed by atoms with E-state index in [2.05, 4.69) is 37.9 Å². The SMILES string of the molecule is C=CC(=O)OCC1CCc2ccc(-c3ccc(-c4cc(OC(=O)C(=C)C)cc(OC(=O)C(=C)C)c4)cc3C)cc21. The van der Waals surface area contributed by atoms with Crippen molar-refractivity contribution in [1.82, 2.24) is 0 Å². The lowest BCUT2D eigenvalue weighted by Crippen LogP contribution is -2.10. The normalized spacial score (nSPS) is 13.6. The highest BCUT2D eigenvalue weighted by molar-refractivity contribution is 5.90. The van der Waals surface area contributed by atoms with Gasteiger partial charge in [-0.25, -0.2) is 14.4 Å². The van der Waals surface area contributed by atoms with Gasteiger partial charge in [-0.05, 0) is 84.7 Å². The summed E-state index contributed by atoms with van der Waals surface area (Å²) in [5.74, 6) is -0.933. The molecule has 0 fully saturated rings. The van der Waals surface area contributed by atoms with Crippen molar-refractivity contribution in [3.8, 4) is 33.8 Å². The van der Waals surface area contributed by atoms with Crippen LogP contribution in [0.1, 0.15) is 42.9 Å². The maximum atomic E-state index is 12.2. The van der Waals surface area contributed by atoms with Gasteiger partial charge < -0.3 is 14.2 Å². The number of hydrogen-bond donors (Lipinski definition) is 0. The largest absolute Gasteiger partial charge is 0.462 e. The van der Waals surface area contributed by atoms with Gasteiger partial charge in [0.25, 0.3) is 0 Å². The van der Waals surface area contributed by atoms with Gasteiger partial charge in [-0.3, -0.25) is 0 Å². The second-order valence-corrected chi connectivity index (χ2v) is 10.0. The lowest BCUT2D eigenvalue weighted by molar-refractivity contribution is -0.138. The minimum atomic E-state index is -0.574. The number of hydrogen-bond acceptors (Lipinski definition) is 6. The molecule has 0 amide bonds. The van der Waals surface area contributed by atoms with Gasteiger partial charge in [0.05, 0.1) is 6.61 Å². The molecule has 0 bridgehead atoms. The molecule has 0 saturated heterocycles. The zero-order valence-electron chi connectivity index (χ0n) is 23.0. The van der Waals surface area contributed by atoms with E-state index in [-0.39, 0.29) is 28.6 Å². The molecule has 1 aliphatic carbocycles. The number of rotatable bonds is 9. The van der Waals surface area contributed by atoms with Crippen LogP contribution in [0.15, 0.2) is 91.6 Å². The summed E-state index contributed by atoms with van der Waals surface area (Å²) in [5, 5.41) is 0. The van der Waals surface area contributed by atoms with Gasteiger partial charge in [-0.2, -0.15) is 0 Å². The van der Waals surface area contributed by atoms with Crippen molar-refractivity contribution in [2.75, 3.05) is 6.61 Å². The lowest BCUT2D eigenvalue weighted by atomic mass is 9.92. The van der Waals surface area contributed by atoms with E-state index in [0.717, 1.165) is 35.1 Å². The second-order valence-electron chi connectivity index (χ2n) is 10.0. The first-order chi connectivity index (χ1) is 19.0. The summed E-state index contributed by atoms with van der Waals surface area (Å²) in [6.07, 6.45) is 3.07. The van der Waals surface area contributed by atoms with Gasteiger partial charge in [0.15, 0.2) is 0 Å². The molecule has 3 aromatic rings. The molecule has 1 aliphatic rings.